The number of benzene rings is 2. The number of nitrogens with zero attached hydrogens (tertiary/aromatic N) is 2. The van der Waals surface area contributed by atoms with Gasteiger partial charge in [0, 0.05) is 46.4 Å². The van der Waals surface area contributed by atoms with Gasteiger partial charge < -0.3 is 9.47 Å². The normalized spacial score (nSPS) is 17.3. The highest BCUT2D eigenvalue weighted by molar-refractivity contribution is 5.14. The first-order valence-electron chi connectivity index (χ1n) is 9.46. The van der Waals surface area contributed by atoms with Gasteiger partial charge in [-0.05, 0) is 11.1 Å². The molecule has 1 saturated heterocycles. The van der Waals surface area contributed by atoms with E-state index in [1.807, 2.05) is 18.2 Å². The Labute approximate surface area is 157 Å². The summed E-state index contributed by atoms with van der Waals surface area (Å²) in [5, 5.41) is 0. The van der Waals surface area contributed by atoms with Gasteiger partial charge in [-0.25, -0.2) is 0 Å². The first-order valence-corrected chi connectivity index (χ1v) is 9.46. The number of hydrogen-bond donors (Lipinski definition) is 0. The van der Waals surface area contributed by atoms with Gasteiger partial charge in [-0.1, -0.05) is 60.7 Å². The van der Waals surface area contributed by atoms with Crippen molar-refractivity contribution >= 4 is 0 Å². The molecule has 26 heavy (non-hydrogen) atoms. The van der Waals surface area contributed by atoms with Crippen molar-refractivity contribution in [3.8, 4) is 0 Å². The van der Waals surface area contributed by atoms with Crippen LogP contribution in [0.1, 0.15) is 11.1 Å². The van der Waals surface area contributed by atoms with Crippen molar-refractivity contribution in [2.45, 2.75) is 19.3 Å². The fourth-order valence-corrected chi connectivity index (χ4v) is 3.34. The van der Waals surface area contributed by atoms with Gasteiger partial charge in [0.1, 0.15) is 0 Å². The summed E-state index contributed by atoms with van der Waals surface area (Å²) in [6.07, 6.45) is 0.124. The molecule has 3 rings (SSSR count). The molecule has 2 aromatic rings. The Bertz CT molecular complexity index is 613. The minimum atomic E-state index is 0.124. The lowest BCUT2D eigenvalue weighted by Gasteiger charge is -2.36. The predicted octanol–water partition coefficient (Wildman–Crippen LogP) is 3.04. The lowest BCUT2D eigenvalue weighted by molar-refractivity contribution is -0.0220. The minimum absolute atomic E-state index is 0.124. The van der Waals surface area contributed by atoms with Gasteiger partial charge in [-0.3, -0.25) is 9.80 Å². The van der Waals surface area contributed by atoms with Gasteiger partial charge in [0.25, 0.3) is 0 Å². The molecule has 1 aliphatic rings. The summed E-state index contributed by atoms with van der Waals surface area (Å²) in [5.74, 6) is 0. The zero-order valence-corrected chi connectivity index (χ0v) is 15.7. The zero-order chi connectivity index (χ0) is 18.0. The second-order valence-corrected chi connectivity index (χ2v) is 6.92. The highest BCUT2D eigenvalue weighted by Gasteiger charge is 2.20. The number of hydrogen-bond acceptors (Lipinski definition) is 4. The van der Waals surface area contributed by atoms with E-state index < -0.39 is 0 Å². The van der Waals surface area contributed by atoms with Crippen LogP contribution in [0.2, 0.25) is 0 Å². The third-order valence-corrected chi connectivity index (χ3v) is 4.92. The molecule has 0 amide bonds. The van der Waals surface area contributed by atoms with E-state index in [-0.39, 0.29) is 6.10 Å². The molecule has 4 heteroatoms. The Kier molecular flexibility index (Phi) is 7.65. The average molecular weight is 354 g/mol. The highest BCUT2D eigenvalue weighted by atomic mass is 16.5. The van der Waals surface area contributed by atoms with Crippen LogP contribution in [0.25, 0.3) is 0 Å². The predicted molar refractivity (Wildman–Crippen MR) is 105 cm³/mol. The van der Waals surface area contributed by atoms with E-state index in [4.69, 9.17) is 9.47 Å². The van der Waals surface area contributed by atoms with Crippen molar-refractivity contribution < 1.29 is 9.47 Å². The maximum atomic E-state index is 5.85. The molecule has 0 aromatic heterocycles. The van der Waals surface area contributed by atoms with Crippen molar-refractivity contribution in [3.63, 3.8) is 0 Å². The van der Waals surface area contributed by atoms with Crippen molar-refractivity contribution in [1.82, 2.24) is 9.80 Å². The van der Waals surface area contributed by atoms with E-state index in [2.05, 4.69) is 52.3 Å². The molecule has 140 valence electrons. The third-order valence-electron chi connectivity index (χ3n) is 4.92. The fraction of sp³-hybridized carbons (Fsp3) is 0.455. The van der Waals surface area contributed by atoms with Crippen LogP contribution in [-0.2, 0) is 22.6 Å². The summed E-state index contributed by atoms with van der Waals surface area (Å²) < 4.78 is 11.5. The quantitative estimate of drug-likeness (QED) is 0.691. The van der Waals surface area contributed by atoms with Crippen molar-refractivity contribution in [3.05, 3.63) is 71.8 Å². The molecule has 1 unspecified atom stereocenters. The summed E-state index contributed by atoms with van der Waals surface area (Å²) in [5.41, 5.74) is 2.60. The molecular formula is C22H30N2O2. The van der Waals surface area contributed by atoms with Crippen LogP contribution in [0.5, 0.6) is 0 Å². The molecular weight excluding hydrogens is 324 g/mol. The number of rotatable bonds is 9. The molecule has 1 heterocycles. The number of ether oxygens (including phenoxy) is 2. The van der Waals surface area contributed by atoms with Crippen molar-refractivity contribution in [2.75, 3.05) is 46.4 Å². The summed E-state index contributed by atoms with van der Waals surface area (Å²) in [6, 6.07) is 21.0. The molecule has 2 aromatic carbocycles. The number of methoxy groups -OCH3 is 1. The fourth-order valence-electron chi connectivity index (χ4n) is 3.34. The molecule has 0 aliphatic carbocycles. The van der Waals surface area contributed by atoms with E-state index in [0.717, 1.165) is 39.3 Å². The Morgan fingerprint density at radius 1 is 0.808 bits per heavy atom. The summed E-state index contributed by atoms with van der Waals surface area (Å²) >= 11 is 0. The van der Waals surface area contributed by atoms with Crippen LogP contribution in [-0.4, -0.2) is 62.3 Å². The van der Waals surface area contributed by atoms with Crippen molar-refractivity contribution in [1.29, 1.82) is 0 Å². The van der Waals surface area contributed by atoms with Crippen LogP contribution in [0.4, 0.5) is 0 Å². The lowest BCUT2D eigenvalue weighted by atomic mass is 10.2. The van der Waals surface area contributed by atoms with Gasteiger partial charge in [-0.2, -0.15) is 0 Å². The molecule has 4 nitrogen and oxygen atoms in total. The Morgan fingerprint density at radius 3 is 2.00 bits per heavy atom. The SMILES string of the molecule is COC(COCc1ccccc1)CN1CCN(Cc2ccccc2)CC1. The summed E-state index contributed by atoms with van der Waals surface area (Å²) in [4.78, 5) is 5.01. The molecule has 0 spiro atoms. The van der Waals surface area contributed by atoms with Crippen LogP contribution in [0.15, 0.2) is 60.7 Å². The highest BCUT2D eigenvalue weighted by Crippen LogP contribution is 2.10. The van der Waals surface area contributed by atoms with Gasteiger partial charge in [0.2, 0.25) is 0 Å². The van der Waals surface area contributed by atoms with Crippen LogP contribution in [0, 0.1) is 0 Å². The van der Waals surface area contributed by atoms with Gasteiger partial charge in [0.15, 0.2) is 0 Å². The van der Waals surface area contributed by atoms with E-state index in [9.17, 15) is 0 Å². The molecule has 1 atom stereocenters. The standard InChI is InChI=1S/C22H30N2O2/c1-25-22(19-26-18-21-10-6-3-7-11-21)17-24-14-12-23(13-15-24)16-20-8-4-2-5-9-20/h2-11,22H,12-19H2,1H3. The molecule has 1 aliphatic heterocycles. The van der Waals surface area contributed by atoms with Crippen LogP contribution in [0.3, 0.4) is 0 Å². The lowest BCUT2D eigenvalue weighted by Crippen LogP contribution is -2.49. The first kappa shape index (κ1) is 19.1. The molecule has 1 fully saturated rings. The van der Waals surface area contributed by atoms with Gasteiger partial charge in [0.05, 0.1) is 19.3 Å². The number of piperazine rings is 1. The summed E-state index contributed by atoms with van der Waals surface area (Å²) in [7, 11) is 1.78. The Hall–Kier alpha value is -1.72. The average Bonchev–Trinajstić information content (AvgIpc) is 2.70. The largest absolute Gasteiger partial charge is 0.378 e. The minimum Gasteiger partial charge on any atom is -0.378 e. The van der Waals surface area contributed by atoms with Crippen LogP contribution < -0.4 is 0 Å². The van der Waals surface area contributed by atoms with Crippen LogP contribution >= 0.6 is 0 Å². The van der Waals surface area contributed by atoms with Crippen molar-refractivity contribution in [2.24, 2.45) is 0 Å². The van der Waals surface area contributed by atoms with Gasteiger partial charge in [-0.15, -0.1) is 0 Å². The molecule has 0 saturated carbocycles. The van der Waals surface area contributed by atoms with E-state index in [1.165, 1.54) is 11.1 Å². The van der Waals surface area contributed by atoms with Gasteiger partial charge >= 0.3 is 0 Å². The Balaban J connectivity index is 1.35. The van der Waals surface area contributed by atoms with E-state index >= 15 is 0 Å². The molecule has 0 N–H and O–H groups in total. The maximum Gasteiger partial charge on any atom is 0.0931 e. The topological polar surface area (TPSA) is 24.9 Å². The van der Waals surface area contributed by atoms with E-state index in [0.29, 0.717) is 13.2 Å². The first-order chi connectivity index (χ1) is 12.8. The Morgan fingerprint density at radius 2 is 1.38 bits per heavy atom. The maximum absolute atomic E-state index is 5.85. The molecule has 0 radical (unpaired) electrons. The second kappa shape index (κ2) is 10.4. The van der Waals surface area contributed by atoms with E-state index in [1.54, 1.807) is 7.11 Å². The smallest absolute Gasteiger partial charge is 0.0931 e. The summed E-state index contributed by atoms with van der Waals surface area (Å²) in [6.45, 7) is 7.65. The molecule has 0 bridgehead atoms. The second-order valence-electron chi connectivity index (χ2n) is 6.92. The third kappa shape index (κ3) is 6.22. The monoisotopic (exact) mass is 354 g/mol. The zero-order valence-electron chi connectivity index (χ0n) is 15.7.